The minimum atomic E-state index is -0.237. The Hall–Kier alpha value is -3.99. The van der Waals surface area contributed by atoms with Crippen LogP contribution in [0.15, 0.2) is 91.4 Å². The summed E-state index contributed by atoms with van der Waals surface area (Å²) in [6.07, 6.45) is 5.37. The first-order valence-electron chi connectivity index (χ1n) is 9.23. The van der Waals surface area contributed by atoms with Crippen LogP contribution in [0.4, 0.5) is 5.69 Å². The maximum Gasteiger partial charge on any atom is 0.257 e. The predicted octanol–water partition coefficient (Wildman–Crippen LogP) is 4.69. The Labute approximate surface area is 168 Å². The first kappa shape index (κ1) is 18.4. The molecule has 0 fully saturated rings. The average molecular weight is 381 g/mol. The third kappa shape index (κ3) is 4.30. The van der Waals surface area contributed by atoms with Crippen LogP contribution in [0, 0.1) is 0 Å². The molecule has 4 aromatic rings. The fraction of sp³-hybridized carbons (Fsp3) is 0.0417. The predicted molar refractivity (Wildman–Crippen MR) is 113 cm³/mol. The van der Waals surface area contributed by atoms with E-state index in [0.29, 0.717) is 28.9 Å². The molecule has 0 aliphatic carbocycles. The van der Waals surface area contributed by atoms with Gasteiger partial charge in [0.25, 0.3) is 5.91 Å². The molecule has 0 spiro atoms. The van der Waals surface area contributed by atoms with Crippen LogP contribution in [0.1, 0.15) is 21.6 Å². The van der Waals surface area contributed by atoms with E-state index in [2.05, 4.69) is 15.3 Å². The summed E-state index contributed by atoms with van der Waals surface area (Å²) < 4.78 is 0. The maximum absolute atomic E-state index is 12.4. The van der Waals surface area contributed by atoms with Crippen LogP contribution >= 0.6 is 0 Å². The molecule has 0 radical (unpaired) electrons. The highest BCUT2D eigenvalue weighted by Gasteiger charge is 2.12. The Bertz CT molecular complexity index is 1130. The summed E-state index contributed by atoms with van der Waals surface area (Å²) >= 11 is 0. The van der Waals surface area contributed by atoms with E-state index in [1.54, 1.807) is 36.7 Å². The van der Waals surface area contributed by atoms with Crippen molar-refractivity contribution in [2.24, 2.45) is 0 Å². The number of carbonyl (C=O) groups is 1. The number of rotatable bonds is 5. The highest BCUT2D eigenvalue weighted by molar-refractivity contribution is 6.04. The SMILES string of the molecule is O=C(Nc1cccc(-c2ccnc(Cc3ccccc3)c2O)c1)c1cccnc1. The maximum atomic E-state index is 12.4. The molecule has 0 aliphatic heterocycles. The van der Waals surface area contributed by atoms with E-state index >= 15 is 0 Å². The molecule has 2 aromatic heterocycles. The van der Waals surface area contributed by atoms with Crippen molar-refractivity contribution in [1.29, 1.82) is 0 Å². The molecule has 0 saturated carbocycles. The van der Waals surface area contributed by atoms with Gasteiger partial charge in [0, 0.05) is 36.3 Å². The summed E-state index contributed by atoms with van der Waals surface area (Å²) in [6, 6.07) is 22.4. The van der Waals surface area contributed by atoms with Crippen LogP contribution in [-0.2, 0) is 6.42 Å². The number of nitrogens with one attached hydrogen (secondary N) is 1. The summed E-state index contributed by atoms with van der Waals surface area (Å²) in [5, 5.41) is 13.7. The molecule has 29 heavy (non-hydrogen) atoms. The van der Waals surface area contributed by atoms with E-state index in [1.807, 2.05) is 48.5 Å². The van der Waals surface area contributed by atoms with Crippen LogP contribution in [0.5, 0.6) is 5.75 Å². The van der Waals surface area contributed by atoms with Gasteiger partial charge in [0.1, 0.15) is 5.75 Å². The van der Waals surface area contributed by atoms with Crippen LogP contribution in [0.2, 0.25) is 0 Å². The molecule has 0 unspecified atom stereocenters. The quantitative estimate of drug-likeness (QED) is 0.526. The summed E-state index contributed by atoms with van der Waals surface area (Å²) in [7, 11) is 0. The Morgan fingerprint density at radius 3 is 2.59 bits per heavy atom. The molecule has 2 aromatic carbocycles. The van der Waals surface area contributed by atoms with Crippen LogP contribution in [0.25, 0.3) is 11.1 Å². The van der Waals surface area contributed by atoms with E-state index in [0.717, 1.165) is 11.1 Å². The van der Waals surface area contributed by atoms with Crippen molar-refractivity contribution in [3.05, 3.63) is 108 Å². The second-order valence-corrected chi connectivity index (χ2v) is 6.59. The summed E-state index contributed by atoms with van der Waals surface area (Å²) in [6.45, 7) is 0. The van der Waals surface area contributed by atoms with Crippen molar-refractivity contribution in [2.75, 3.05) is 5.32 Å². The lowest BCUT2D eigenvalue weighted by atomic mass is 10.0. The average Bonchev–Trinajstić information content (AvgIpc) is 2.77. The van der Waals surface area contributed by atoms with E-state index < -0.39 is 0 Å². The molecule has 0 saturated heterocycles. The van der Waals surface area contributed by atoms with E-state index in [-0.39, 0.29) is 11.7 Å². The number of aromatic hydroxyl groups is 1. The molecular weight excluding hydrogens is 362 g/mol. The molecule has 0 atom stereocenters. The molecule has 5 nitrogen and oxygen atoms in total. The molecule has 4 rings (SSSR count). The van der Waals surface area contributed by atoms with Gasteiger partial charge in [-0.3, -0.25) is 14.8 Å². The normalized spacial score (nSPS) is 10.5. The number of pyridine rings is 2. The Morgan fingerprint density at radius 1 is 0.931 bits per heavy atom. The van der Waals surface area contributed by atoms with Crippen molar-refractivity contribution < 1.29 is 9.90 Å². The van der Waals surface area contributed by atoms with Crippen LogP contribution in [-0.4, -0.2) is 21.0 Å². The number of carbonyl (C=O) groups excluding carboxylic acids is 1. The van der Waals surface area contributed by atoms with Gasteiger partial charge >= 0.3 is 0 Å². The fourth-order valence-electron chi connectivity index (χ4n) is 3.11. The number of benzene rings is 2. The van der Waals surface area contributed by atoms with Gasteiger partial charge in [-0.05, 0) is 41.5 Å². The van der Waals surface area contributed by atoms with E-state index in [1.165, 1.54) is 6.20 Å². The molecular formula is C24H19N3O2. The number of hydrogen-bond donors (Lipinski definition) is 2. The van der Waals surface area contributed by atoms with Gasteiger partial charge in [0.2, 0.25) is 0 Å². The first-order chi connectivity index (χ1) is 14.2. The van der Waals surface area contributed by atoms with Crippen LogP contribution in [0.3, 0.4) is 0 Å². The lowest BCUT2D eigenvalue weighted by Crippen LogP contribution is -2.11. The minimum absolute atomic E-state index is 0.145. The molecule has 1 amide bonds. The Morgan fingerprint density at radius 2 is 1.79 bits per heavy atom. The van der Waals surface area contributed by atoms with Gasteiger partial charge in [0.15, 0.2) is 0 Å². The number of amides is 1. The Balaban J connectivity index is 1.60. The van der Waals surface area contributed by atoms with Crippen molar-refractivity contribution in [3.8, 4) is 16.9 Å². The van der Waals surface area contributed by atoms with Crippen molar-refractivity contribution in [3.63, 3.8) is 0 Å². The summed E-state index contributed by atoms with van der Waals surface area (Å²) in [4.78, 5) is 20.7. The zero-order chi connectivity index (χ0) is 20.1. The van der Waals surface area contributed by atoms with E-state index in [9.17, 15) is 9.90 Å². The zero-order valence-electron chi connectivity index (χ0n) is 15.6. The van der Waals surface area contributed by atoms with E-state index in [4.69, 9.17) is 0 Å². The molecule has 2 N–H and O–H groups in total. The molecule has 0 bridgehead atoms. The van der Waals surface area contributed by atoms with Gasteiger partial charge in [-0.25, -0.2) is 0 Å². The zero-order valence-corrected chi connectivity index (χ0v) is 15.6. The van der Waals surface area contributed by atoms with Crippen molar-refractivity contribution in [2.45, 2.75) is 6.42 Å². The highest BCUT2D eigenvalue weighted by Crippen LogP contribution is 2.33. The first-order valence-corrected chi connectivity index (χ1v) is 9.23. The topological polar surface area (TPSA) is 75.1 Å². The lowest BCUT2D eigenvalue weighted by molar-refractivity contribution is 0.102. The molecule has 2 heterocycles. The minimum Gasteiger partial charge on any atom is -0.505 e. The van der Waals surface area contributed by atoms with Gasteiger partial charge in [0.05, 0.1) is 11.3 Å². The van der Waals surface area contributed by atoms with Gasteiger partial charge in [-0.15, -0.1) is 0 Å². The molecule has 0 aliphatic rings. The largest absolute Gasteiger partial charge is 0.505 e. The summed E-state index contributed by atoms with van der Waals surface area (Å²) in [5.41, 5.74) is 4.27. The lowest BCUT2D eigenvalue weighted by Gasteiger charge is -2.11. The third-order valence-corrected chi connectivity index (χ3v) is 4.57. The number of anilines is 1. The smallest absolute Gasteiger partial charge is 0.257 e. The molecule has 142 valence electrons. The van der Waals surface area contributed by atoms with Gasteiger partial charge < -0.3 is 10.4 Å². The highest BCUT2D eigenvalue weighted by atomic mass is 16.3. The number of aromatic nitrogens is 2. The monoisotopic (exact) mass is 381 g/mol. The second-order valence-electron chi connectivity index (χ2n) is 6.59. The van der Waals surface area contributed by atoms with Crippen LogP contribution < -0.4 is 5.32 Å². The number of hydrogen-bond acceptors (Lipinski definition) is 4. The van der Waals surface area contributed by atoms with Gasteiger partial charge in [-0.2, -0.15) is 0 Å². The van der Waals surface area contributed by atoms with Crippen molar-refractivity contribution >= 4 is 11.6 Å². The van der Waals surface area contributed by atoms with Crippen molar-refractivity contribution in [1.82, 2.24) is 9.97 Å². The second kappa shape index (κ2) is 8.35. The standard InChI is InChI=1S/C24H19N3O2/c28-23-21(11-13-26-22(23)14-17-6-2-1-3-7-17)18-8-4-10-20(15-18)27-24(29)19-9-5-12-25-16-19/h1-13,15-16,28H,14H2,(H,27,29). The summed E-state index contributed by atoms with van der Waals surface area (Å²) in [5.74, 6) is -0.0916. The Kier molecular flexibility index (Phi) is 5.29. The molecule has 5 heteroatoms. The number of nitrogens with zero attached hydrogens (tertiary/aromatic N) is 2. The van der Waals surface area contributed by atoms with Gasteiger partial charge in [-0.1, -0.05) is 42.5 Å². The third-order valence-electron chi connectivity index (χ3n) is 4.57. The fourth-order valence-corrected chi connectivity index (χ4v) is 3.11.